The highest BCUT2D eigenvalue weighted by molar-refractivity contribution is 7.26. The van der Waals surface area contributed by atoms with E-state index >= 15 is 0 Å². The lowest BCUT2D eigenvalue weighted by atomic mass is 9.82. The molecule has 0 radical (unpaired) electrons. The highest BCUT2D eigenvalue weighted by atomic mass is 32.1. The molecule has 0 bridgehead atoms. The first-order chi connectivity index (χ1) is 32.5. The number of fused-ring (bicyclic) bond motifs is 17. The number of para-hydroxylation sites is 2. The average molecular weight is 859 g/mol. The first-order valence-corrected chi connectivity index (χ1v) is 23.6. The van der Waals surface area contributed by atoms with Gasteiger partial charge in [-0.05, 0) is 92.2 Å². The molecule has 9 aromatic carbocycles. The third-order valence-corrected chi connectivity index (χ3v) is 15.9. The predicted molar refractivity (Wildman–Crippen MR) is 278 cm³/mol. The minimum atomic E-state index is -0.0732. The molecule has 0 N–H and O–H groups in total. The smallest absolute Gasteiger partial charge is 0.235 e. The minimum absolute atomic E-state index is 0.0732. The van der Waals surface area contributed by atoms with Crippen molar-refractivity contribution in [1.29, 1.82) is 0 Å². The summed E-state index contributed by atoms with van der Waals surface area (Å²) in [5.41, 5.74) is 19.1. The lowest BCUT2D eigenvalue weighted by Crippen LogP contribution is -2.14. The molecule has 5 heterocycles. The van der Waals surface area contributed by atoms with Crippen molar-refractivity contribution in [2.45, 2.75) is 19.3 Å². The molecule has 13 aromatic rings. The summed E-state index contributed by atoms with van der Waals surface area (Å²) in [6, 6.07) is 66.9. The van der Waals surface area contributed by atoms with Crippen LogP contribution >= 0.6 is 11.3 Å². The summed E-state index contributed by atoms with van der Waals surface area (Å²) >= 11 is 1.77. The zero-order chi connectivity index (χ0) is 43.4. The van der Waals surface area contributed by atoms with E-state index in [-0.39, 0.29) is 5.41 Å². The van der Waals surface area contributed by atoms with E-state index in [1.54, 1.807) is 11.3 Å². The number of hydrogen-bond acceptors (Lipinski definition) is 3. The fraction of sp³-hybridized carbons (Fsp3) is 0.0492. The molecule has 4 aromatic heterocycles. The van der Waals surface area contributed by atoms with Gasteiger partial charge in [0.2, 0.25) is 5.95 Å². The van der Waals surface area contributed by atoms with Crippen LogP contribution in [-0.2, 0) is 5.41 Å². The van der Waals surface area contributed by atoms with E-state index in [9.17, 15) is 0 Å². The SMILES string of the molecule is CC1(C)c2ccccc2-c2c1ccc1c3c4c(cc21)c1ccc(-c2ccc5c(c2)c2ccccc2n5-c2nc(-c5ccccc5)c5sc6ccccc6c5n2)cc1n4-c1ccccc1C=C3. The second-order valence-corrected chi connectivity index (χ2v) is 19.6. The van der Waals surface area contributed by atoms with Crippen LogP contribution in [0.1, 0.15) is 36.1 Å². The maximum absolute atomic E-state index is 5.41. The van der Waals surface area contributed by atoms with Crippen LogP contribution in [0.15, 0.2) is 182 Å². The van der Waals surface area contributed by atoms with Crippen LogP contribution in [0.4, 0.5) is 0 Å². The zero-order valence-corrected chi connectivity index (χ0v) is 37.0. The van der Waals surface area contributed by atoms with E-state index in [0.29, 0.717) is 5.95 Å². The Morgan fingerprint density at radius 3 is 2.12 bits per heavy atom. The molecule has 0 fully saturated rings. The number of hydrogen-bond donors (Lipinski definition) is 0. The Morgan fingerprint density at radius 1 is 0.470 bits per heavy atom. The van der Waals surface area contributed by atoms with Gasteiger partial charge in [0.25, 0.3) is 0 Å². The summed E-state index contributed by atoms with van der Waals surface area (Å²) in [4.78, 5) is 10.8. The van der Waals surface area contributed by atoms with Gasteiger partial charge in [-0.15, -0.1) is 11.3 Å². The van der Waals surface area contributed by atoms with Crippen molar-refractivity contribution in [3.05, 3.63) is 204 Å². The summed E-state index contributed by atoms with van der Waals surface area (Å²) in [6.45, 7) is 4.74. The summed E-state index contributed by atoms with van der Waals surface area (Å²) in [7, 11) is 0. The Labute approximate surface area is 384 Å². The van der Waals surface area contributed by atoms with E-state index in [0.717, 1.165) is 43.5 Å². The first-order valence-electron chi connectivity index (χ1n) is 22.7. The summed E-state index contributed by atoms with van der Waals surface area (Å²) in [5.74, 6) is 0.675. The molecular weight excluding hydrogens is 821 g/mol. The highest BCUT2D eigenvalue weighted by Crippen LogP contribution is 2.53. The first kappa shape index (κ1) is 36.2. The third-order valence-electron chi connectivity index (χ3n) is 14.7. The second kappa shape index (κ2) is 13.0. The molecule has 5 heteroatoms. The maximum atomic E-state index is 5.41. The van der Waals surface area contributed by atoms with E-state index in [4.69, 9.17) is 9.97 Å². The van der Waals surface area contributed by atoms with Crippen molar-refractivity contribution < 1.29 is 0 Å². The molecule has 0 spiro atoms. The van der Waals surface area contributed by atoms with Gasteiger partial charge in [-0.1, -0.05) is 166 Å². The Morgan fingerprint density at radius 2 is 1.20 bits per heavy atom. The normalized spacial score (nSPS) is 13.7. The Hall–Kier alpha value is -8.12. The van der Waals surface area contributed by atoms with Crippen molar-refractivity contribution in [3.8, 4) is 45.1 Å². The molecule has 2 aliphatic rings. The fourth-order valence-electron chi connectivity index (χ4n) is 11.6. The quantitative estimate of drug-likeness (QED) is 0.177. The minimum Gasteiger partial charge on any atom is -0.308 e. The molecule has 0 unspecified atom stereocenters. The van der Waals surface area contributed by atoms with Gasteiger partial charge in [0.1, 0.15) is 0 Å². The van der Waals surface area contributed by atoms with E-state index < -0.39 is 0 Å². The van der Waals surface area contributed by atoms with Crippen LogP contribution in [0.2, 0.25) is 0 Å². The van der Waals surface area contributed by atoms with Crippen LogP contribution in [0, 0.1) is 0 Å². The van der Waals surface area contributed by atoms with Gasteiger partial charge in [0, 0.05) is 48.2 Å². The summed E-state index contributed by atoms with van der Waals surface area (Å²) in [5, 5.41) is 8.63. The Bertz CT molecular complexity index is 4310. The average Bonchev–Trinajstić information content (AvgIpc) is 4.04. The van der Waals surface area contributed by atoms with Gasteiger partial charge < -0.3 is 4.57 Å². The monoisotopic (exact) mass is 858 g/mol. The number of benzene rings is 9. The number of nitrogens with zero attached hydrogens (tertiary/aromatic N) is 4. The Kier molecular flexibility index (Phi) is 7.14. The van der Waals surface area contributed by atoms with Gasteiger partial charge >= 0.3 is 0 Å². The van der Waals surface area contributed by atoms with Gasteiger partial charge in [-0.3, -0.25) is 4.57 Å². The Balaban J connectivity index is 0.965. The zero-order valence-electron chi connectivity index (χ0n) is 36.2. The highest BCUT2D eigenvalue weighted by Gasteiger charge is 2.37. The van der Waals surface area contributed by atoms with Crippen LogP contribution in [0.3, 0.4) is 0 Å². The number of aromatic nitrogens is 4. The predicted octanol–water partition coefficient (Wildman–Crippen LogP) is 16.3. The second-order valence-electron chi connectivity index (χ2n) is 18.5. The van der Waals surface area contributed by atoms with Crippen molar-refractivity contribution in [1.82, 2.24) is 19.1 Å². The lowest BCUT2D eigenvalue weighted by molar-refractivity contribution is 0.661. The molecule has 0 saturated carbocycles. The molecule has 0 atom stereocenters. The van der Waals surface area contributed by atoms with Gasteiger partial charge in [0.15, 0.2) is 0 Å². The van der Waals surface area contributed by atoms with E-state index in [1.807, 2.05) is 0 Å². The molecule has 0 saturated heterocycles. The molecular formula is C61H38N4S. The van der Waals surface area contributed by atoms with Crippen LogP contribution in [0.5, 0.6) is 0 Å². The number of thiophene rings is 1. The standard InChI is InChI=1S/C61H38N4S/c1-61(2)48-20-10-7-18-43(48)55-46-34-47-41-27-25-38(33-53(41)64-50-21-11-6-14-35(50)24-28-42(58(47)64)39(46)29-30-49(55)61)37-26-31-52-45(32-37)40-17-8-12-22-51(40)65(52)60-62-56(36-15-4-3-5-16-36)59-57(63-60)44-19-9-13-23-54(44)66-59/h3-34H,1-2H3. The van der Waals surface area contributed by atoms with Crippen molar-refractivity contribution in [2.75, 3.05) is 0 Å². The van der Waals surface area contributed by atoms with Gasteiger partial charge in [0.05, 0.1) is 43.7 Å². The largest absolute Gasteiger partial charge is 0.308 e. The molecule has 1 aliphatic heterocycles. The topological polar surface area (TPSA) is 35.6 Å². The maximum Gasteiger partial charge on any atom is 0.235 e. The van der Waals surface area contributed by atoms with E-state index in [1.165, 1.54) is 92.7 Å². The van der Waals surface area contributed by atoms with Crippen molar-refractivity contribution in [2.24, 2.45) is 0 Å². The molecule has 0 amide bonds. The van der Waals surface area contributed by atoms with Crippen LogP contribution < -0.4 is 0 Å². The molecule has 1 aliphatic carbocycles. The van der Waals surface area contributed by atoms with Crippen molar-refractivity contribution in [3.63, 3.8) is 0 Å². The molecule has 15 rings (SSSR count). The van der Waals surface area contributed by atoms with Gasteiger partial charge in [-0.2, -0.15) is 0 Å². The van der Waals surface area contributed by atoms with Crippen molar-refractivity contribution >= 4 is 98.2 Å². The van der Waals surface area contributed by atoms with Gasteiger partial charge in [-0.25, -0.2) is 9.97 Å². The molecule has 308 valence electrons. The van der Waals surface area contributed by atoms with Crippen LogP contribution in [0.25, 0.3) is 132 Å². The third kappa shape index (κ3) is 4.77. The fourth-order valence-corrected chi connectivity index (χ4v) is 12.8. The molecule has 66 heavy (non-hydrogen) atoms. The lowest BCUT2D eigenvalue weighted by Gasteiger charge is -2.21. The summed E-state index contributed by atoms with van der Waals surface area (Å²) < 4.78 is 7.10. The van der Waals surface area contributed by atoms with Crippen LogP contribution in [-0.4, -0.2) is 19.1 Å². The van der Waals surface area contributed by atoms with E-state index in [2.05, 4.69) is 217 Å². The summed E-state index contributed by atoms with van der Waals surface area (Å²) in [6.07, 6.45) is 4.67. The number of rotatable bonds is 3. The molecule has 4 nitrogen and oxygen atoms in total.